The molecule has 0 aliphatic heterocycles. The number of imidazole rings is 1. The van der Waals surface area contributed by atoms with Crippen LogP contribution in [0.4, 0.5) is 0 Å². The van der Waals surface area contributed by atoms with Crippen LogP contribution < -0.4 is 0 Å². The summed E-state index contributed by atoms with van der Waals surface area (Å²) in [6, 6.07) is 48.1. The van der Waals surface area contributed by atoms with Gasteiger partial charge in [0.1, 0.15) is 0 Å². The second-order valence-corrected chi connectivity index (χ2v) is 12.5. The standard InChI is InChI=1S/C40H23N3S/c1-2-8-27-21-38-32(19-26(27)7-1)33-22-37(43-36-12-6-5-11-34(36)42-40(43)39(33)44-38)25-15-13-24(14-16-25)28-17-18-31-30-10-4-3-9-29(30)23-41-35(31)20-28/h1-23H. The average Bonchev–Trinajstić information content (AvgIpc) is 3.65. The summed E-state index contributed by atoms with van der Waals surface area (Å²) in [7, 11) is 0. The fourth-order valence-corrected chi connectivity index (χ4v) is 8.01. The molecule has 0 unspecified atom stereocenters. The van der Waals surface area contributed by atoms with Gasteiger partial charge in [-0.15, -0.1) is 11.3 Å². The summed E-state index contributed by atoms with van der Waals surface area (Å²) in [5.74, 6) is 0. The van der Waals surface area contributed by atoms with Crippen molar-refractivity contribution < 1.29 is 0 Å². The highest BCUT2D eigenvalue weighted by Gasteiger charge is 2.18. The summed E-state index contributed by atoms with van der Waals surface area (Å²) in [5, 5.41) is 8.65. The zero-order valence-electron chi connectivity index (χ0n) is 23.5. The van der Waals surface area contributed by atoms with Gasteiger partial charge in [0, 0.05) is 32.4 Å². The smallest absolute Gasteiger partial charge is 0.156 e. The van der Waals surface area contributed by atoms with E-state index in [4.69, 9.17) is 9.97 Å². The number of rotatable bonds is 2. The highest BCUT2D eigenvalue weighted by Crippen LogP contribution is 2.42. The summed E-state index contributed by atoms with van der Waals surface area (Å²) < 4.78 is 4.85. The maximum Gasteiger partial charge on any atom is 0.156 e. The molecule has 6 aromatic carbocycles. The molecule has 4 heteroatoms. The van der Waals surface area contributed by atoms with Gasteiger partial charge in [0.2, 0.25) is 0 Å². The van der Waals surface area contributed by atoms with Crippen LogP contribution >= 0.6 is 11.3 Å². The first-order chi connectivity index (χ1) is 21.8. The van der Waals surface area contributed by atoms with Gasteiger partial charge in [-0.25, -0.2) is 4.98 Å². The minimum atomic E-state index is 1.01. The fourth-order valence-electron chi connectivity index (χ4n) is 6.82. The molecule has 0 N–H and O–H groups in total. The van der Waals surface area contributed by atoms with E-state index >= 15 is 0 Å². The number of pyridine rings is 2. The third-order valence-electron chi connectivity index (χ3n) is 8.99. The van der Waals surface area contributed by atoms with E-state index in [1.54, 1.807) is 0 Å². The van der Waals surface area contributed by atoms with Crippen molar-refractivity contribution in [3.63, 3.8) is 0 Å². The molecule has 4 aromatic heterocycles. The third-order valence-corrected chi connectivity index (χ3v) is 10.2. The minimum absolute atomic E-state index is 1.01. The van der Waals surface area contributed by atoms with Gasteiger partial charge in [0.25, 0.3) is 0 Å². The van der Waals surface area contributed by atoms with Crippen LogP contribution in [-0.2, 0) is 0 Å². The van der Waals surface area contributed by atoms with Crippen LogP contribution in [0, 0.1) is 0 Å². The molecule has 0 aliphatic rings. The Bertz CT molecular complexity index is 2770. The molecule has 44 heavy (non-hydrogen) atoms. The van der Waals surface area contributed by atoms with E-state index in [0.717, 1.165) is 39.0 Å². The molecule has 0 saturated heterocycles. The van der Waals surface area contributed by atoms with Gasteiger partial charge in [0.15, 0.2) is 5.65 Å². The van der Waals surface area contributed by atoms with Crippen molar-refractivity contribution in [1.82, 2.24) is 14.4 Å². The Balaban J connectivity index is 1.18. The van der Waals surface area contributed by atoms with Crippen LogP contribution in [0.5, 0.6) is 0 Å². The largest absolute Gasteiger partial charge is 0.291 e. The maximum absolute atomic E-state index is 5.18. The van der Waals surface area contributed by atoms with Crippen LogP contribution in [-0.4, -0.2) is 14.4 Å². The Morgan fingerprint density at radius 2 is 1.23 bits per heavy atom. The third kappa shape index (κ3) is 3.43. The highest BCUT2D eigenvalue weighted by atomic mass is 32.1. The molecular weight excluding hydrogens is 555 g/mol. The lowest BCUT2D eigenvalue weighted by Crippen LogP contribution is -1.93. The molecule has 0 saturated carbocycles. The molecule has 0 aliphatic carbocycles. The first kappa shape index (κ1) is 23.9. The van der Waals surface area contributed by atoms with E-state index in [0.29, 0.717) is 0 Å². The molecule has 0 atom stereocenters. The van der Waals surface area contributed by atoms with Crippen LogP contribution in [0.3, 0.4) is 0 Å². The number of benzene rings is 6. The number of fused-ring (bicyclic) bond motifs is 11. The van der Waals surface area contributed by atoms with E-state index in [-0.39, 0.29) is 0 Å². The summed E-state index contributed by atoms with van der Waals surface area (Å²) in [6.07, 6.45) is 1.97. The normalized spacial score (nSPS) is 12.1. The Hall–Kier alpha value is -5.58. The molecule has 0 spiro atoms. The molecular formula is C40H23N3S. The highest BCUT2D eigenvalue weighted by molar-refractivity contribution is 7.26. The van der Waals surface area contributed by atoms with Crippen LogP contribution in [0.15, 0.2) is 140 Å². The Kier molecular flexibility index (Phi) is 4.87. The van der Waals surface area contributed by atoms with Crippen molar-refractivity contribution in [2.45, 2.75) is 0 Å². The van der Waals surface area contributed by atoms with Crippen molar-refractivity contribution in [3.8, 4) is 22.4 Å². The van der Waals surface area contributed by atoms with Gasteiger partial charge in [-0.2, -0.15) is 0 Å². The van der Waals surface area contributed by atoms with E-state index < -0.39 is 0 Å². The first-order valence-corrected chi connectivity index (χ1v) is 15.6. The Labute approximate surface area is 256 Å². The summed E-state index contributed by atoms with van der Waals surface area (Å²) in [6.45, 7) is 0. The minimum Gasteiger partial charge on any atom is -0.291 e. The molecule has 0 amide bonds. The van der Waals surface area contributed by atoms with E-state index in [1.807, 2.05) is 17.5 Å². The van der Waals surface area contributed by atoms with Crippen molar-refractivity contribution in [3.05, 3.63) is 140 Å². The van der Waals surface area contributed by atoms with Crippen molar-refractivity contribution in [2.75, 3.05) is 0 Å². The van der Waals surface area contributed by atoms with Gasteiger partial charge >= 0.3 is 0 Å². The van der Waals surface area contributed by atoms with Gasteiger partial charge in [0.05, 0.1) is 26.9 Å². The molecule has 0 bridgehead atoms. The monoisotopic (exact) mass is 577 g/mol. The lowest BCUT2D eigenvalue weighted by molar-refractivity contribution is 1.25. The number of hydrogen-bond acceptors (Lipinski definition) is 3. The molecule has 10 rings (SSSR count). The molecule has 204 valence electrons. The second-order valence-electron chi connectivity index (χ2n) is 11.5. The summed E-state index contributed by atoms with van der Waals surface area (Å²) >= 11 is 1.84. The van der Waals surface area contributed by atoms with Crippen molar-refractivity contribution >= 4 is 80.6 Å². The summed E-state index contributed by atoms with van der Waals surface area (Å²) in [4.78, 5) is 9.95. The first-order valence-electron chi connectivity index (χ1n) is 14.8. The maximum atomic E-state index is 5.18. The van der Waals surface area contributed by atoms with Gasteiger partial charge in [-0.1, -0.05) is 97.1 Å². The number of aromatic nitrogens is 3. The van der Waals surface area contributed by atoms with Crippen LogP contribution in [0.1, 0.15) is 0 Å². The van der Waals surface area contributed by atoms with E-state index in [2.05, 4.69) is 138 Å². The number of nitrogens with zero attached hydrogens (tertiary/aromatic N) is 3. The van der Waals surface area contributed by atoms with Gasteiger partial charge in [-0.05, 0) is 69.2 Å². The topological polar surface area (TPSA) is 30.2 Å². The van der Waals surface area contributed by atoms with Gasteiger partial charge in [-0.3, -0.25) is 9.38 Å². The molecule has 0 radical (unpaired) electrons. The predicted octanol–water partition coefficient (Wildman–Crippen LogP) is 11.0. The molecule has 10 aromatic rings. The molecule has 0 fully saturated rings. The lowest BCUT2D eigenvalue weighted by atomic mass is 9.99. The number of thiophene rings is 1. The van der Waals surface area contributed by atoms with Crippen molar-refractivity contribution in [1.29, 1.82) is 0 Å². The van der Waals surface area contributed by atoms with Crippen molar-refractivity contribution in [2.24, 2.45) is 0 Å². The lowest BCUT2D eigenvalue weighted by Gasteiger charge is -2.11. The van der Waals surface area contributed by atoms with Gasteiger partial charge < -0.3 is 0 Å². The Morgan fingerprint density at radius 1 is 0.500 bits per heavy atom. The Morgan fingerprint density at radius 3 is 2.11 bits per heavy atom. The van der Waals surface area contributed by atoms with E-state index in [9.17, 15) is 0 Å². The number of para-hydroxylation sites is 2. The average molecular weight is 578 g/mol. The predicted molar refractivity (Wildman–Crippen MR) is 187 cm³/mol. The molecule has 4 heterocycles. The molecule has 3 nitrogen and oxygen atoms in total. The zero-order valence-corrected chi connectivity index (χ0v) is 24.3. The fraction of sp³-hybridized carbons (Fsp3) is 0. The van der Waals surface area contributed by atoms with Crippen LogP contribution in [0.25, 0.3) is 91.7 Å². The second kappa shape index (κ2) is 8.96. The zero-order chi connectivity index (χ0) is 28.8. The SMILES string of the molecule is c1ccc2cc3c(cc2c1)sc1c3cc(-c2ccc(-c3ccc4c(c3)ncc3ccccc34)cc2)n2c3ccccc3nc12. The van der Waals surface area contributed by atoms with Crippen LogP contribution in [0.2, 0.25) is 0 Å². The van der Waals surface area contributed by atoms with E-state index in [1.165, 1.54) is 52.7 Å². The number of hydrogen-bond donors (Lipinski definition) is 0. The summed E-state index contributed by atoms with van der Waals surface area (Å²) in [5.41, 5.74) is 8.80. The quantitative estimate of drug-likeness (QED) is 0.191.